The molecule has 0 amide bonds. The molecule has 0 spiro atoms. The van der Waals surface area contributed by atoms with Gasteiger partial charge < -0.3 is 14.5 Å². The van der Waals surface area contributed by atoms with Crippen LogP contribution in [0, 0.1) is 0 Å². The zero-order chi connectivity index (χ0) is 9.52. The van der Waals surface area contributed by atoms with E-state index in [4.69, 9.17) is 9.15 Å². The highest BCUT2D eigenvalue weighted by molar-refractivity contribution is 9.10. The number of halogens is 1. The predicted molar refractivity (Wildman–Crippen MR) is 54.9 cm³/mol. The molecule has 0 atom stereocenters. The lowest BCUT2D eigenvalue weighted by atomic mass is 10.3. The van der Waals surface area contributed by atoms with Crippen LogP contribution in [-0.2, 0) is 11.2 Å². The number of ether oxygens (including phenoxy) is 1. The lowest BCUT2D eigenvalue weighted by Crippen LogP contribution is -2.21. The van der Waals surface area contributed by atoms with Gasteiger partial charge in [-0.2, -0.15) is 0 Å². The Morgan fingerprint density at radius 1 is 1.54 bits per heavy atom. The lowest BCUT2D eigenvalue weighted by Gasteiger charge is -2.02. The van der Waals surface area contributed by atoms with Crippen molar-refractivity contribution in [2.24, 2.45) is 0 Å². The van der Waals surface area contributed by atoms with E-state index in [0.717, 1.165) is 36.4 Å². The monoisotopic (exact) mass is 247 g/mol. The summed E-state index contributed by atoms with van der Waals surface area (Å²) in [5.74, 6) is 0.991. The topological polar surface area (TPSA) is 34.4 Å². The molecule has 0 bridgehead atoms. The predicted octanol–water partition coefficient (Wildman–Crippen LogP) is 1.82. The van der Waals surface area contributed by atoms with E-state index >= 15 is 0 Å². The molecule has 0 aliphatic carbocycles. The van der Waals surface area contributed by atoms with Crippen LogP contribution in [0.15, 0.2) is 21.2 Å². The Morgan fingerprint density at radius 3 is 3.00 bits per heavy atom. The van der Waals surface area contributed by atoms with E-state index < -0.39 is 0 Å². The van der Waals surface area contributed by atoms with E-state index in [1.165, 1.54) is 0 Å². The minimum absolute atomic E-state index is 0.749. The van der Waals surface area contributed by atoms with E-state index in [1.807, 2.05) is 6.07 Å². The lowest BCUT2D eigenvalue weighted by molar-refractivity contribution is 0.199. The number of hydrogen-bond donors (Lipinski definition) is 1. The van der Waals surface area contributed by atoms with Gasteiger partial charge >= 0.3 is 0 Å². The SMILES string of the molecule is COCCNCCc1occc1Br. The normalized spacial score (nSPS) is 10.6. The highest BCUT2D eigenvalue weighted by atomic mass is 79.9. The minimum Gasteiger partial charge on any atom is -0.468 e. The molecule has 1 rings (SSSR count). The Balaban J connectivity index is 2.10. The quantitative estimate of drug-likeness (QED) is 0.780. The average Bonchev–Trinajstić information content (AvgIpc) is 2.52. The Kier molecular flexibility index (Phi) is 5.12. The molecule has 13 heavy (non-hydrogen) atoms. The second kappa shape index (κ2) is 6.18. The first-order chi connectivity index (χ1) is 6.34. The fourth-order valence-corrected chi connectivity index (χ4v) is 1.40. The molecule has 0 aliphatic rings. The molecule has 1 N–H and O–H groups in total. The third-order valence-corrected chi connectivity index (χ3v) is 2.41. The molecular formula is C9H14BrNO2. The highest BCUT2D eigenvalue weighted by Gasteiger charge is 2.01. The Bertz CT molecular complexity index is 237. The van der Waals surface area contributed by atoms with Gasteiger partial charge in [0.2, 0.25) is 0 Å². The number of methoxy groups -OCH3 is 1. The first-order valence-corrected chi connectivity index (χ1v) is 5.05. The molecular weight excluding hydrogens is 234 g/mol. The zero-order valence-corrected chi connectivity index (χ0v) is 9.26. The van der Waals surface area contributed by atoms with Gasteiger partial charge in [0, 0.05) is 26.6 Å². The van der Waals surface area contributed by atoms with Crippen molar-refractivity contribution in [3.63, 3.8) is 0 Å². The molecule has 3 nitrogen and oxygen atoms in total. The van der Waals surface area contributed by atoms with Crippen LogP contribution >= 0.6 is 15.9 Å². The minimum atomic E-state index is 0.749. The van der Waals surface area contributed by atoms with Gasteiger partial charge in [-0.15, -0.1) is 0 Å². The van der Waals surface area contributed by atoms with Gasteiger partial charge in [0.05, 0.1) is 17.3 Å². The van der Waals surface area contributed by atoms with Crippen molar-refractivity contribution in [3.05, 3.63) is 22.6 Å². The summed E-state index contributed by atoms with van der Waals surface area (Å²) in [7, 11) is 1.70. The first-order valence-electron chi connectivity index (χ1n) is 4.26. The van der Waals surface area contributed by atoms with Crippen LogP contribution in [0.3, 0.4) is 0 Å². The van der Waals surface area contributed by atoms with Gasteiger partial charge in [-0.25, -0.2) is 0 Å². The number of rotatable bonds is 6. The Hall–Kier alpha value is -0.320. The Labute approximate surface area is 86.6 Å². The molecule has 0 aliphatic heterocycles. The molecule has 4 heteroatoms. The zero-order valence-electron chi connectivity index (χ0n) is 7.68. The standard InChI is InChI=1S/C9H14BrNO2/c1-12-7-5-11-4-2-9-8(10)3-6-13-9/h3,6,11H,2,4-5,7H2,1H3. The van der Waals surface area contributed by atoms with Gasteiger partial charge in [0.25, 0.3) is 0 Å². The van der Waals surface area contributed by atoms with E-state index in [-0.39, 0.29) is 0 Å². The van der Waals surface area contributed by atoms with E-state index in [9.17, 15) is 0 Å². The highest BCUT2D eigenvalue weighted by Crippen LogP contribution is 2.17. The van der Waals surface area contributed by atoms with E-state index in [0.29, 0.717) is 0 Å². The van der Waals surface area contributed by atoms with Crippen LogP contribution in [0.4, 0.5) is 0 Å². The summed E-state index contributed by atoms with van der Waals surface area (Å²) in [6.45, 7) is 2.55. The largest absolute Gasteiger partial charge is 0.468 e. The fourth-order valence-electron chi connectivity index (χ4n) is 1.00. The van der Waals surface area contributed by atoms with Crippen LogP contribution < -0.4 is 5.32 Å². The first kappa shape index (κ1) is 10.8. The van der Waals surface area contributed by atoms with E-state index in [2.05, 4.69) is 21.2 Å². The van der Waals surface area contributed by atoms with Crippen molar-refractivity contribution >= 4 is 15.9 Å². The molecule has 1 aromatic rings. The molecule has 0 aromatic carbocycles. The van der Waals surface area contributed by atoms with Crippen molar-refractivity contribution in [2.75, 3.05) is 26.8 Å². The molecule has 1 aromatic heterocycles. The van der Waals surface area contributed by atoms with Crippen LogP contribution in [0.1, 0.15) is 5.76 Å². The van der Waals surface area contributed by atoms with Gasteiger partial charge in [0.15, 0.2) is 0 Å². The number of hydrogen-bond acceptors (Lipinski definition) is 3. The smallest absolute Gasteiger partial charge is 0.119 e. The maximum absolute atomic E-state index is 5.25. The molecule has 0 fully saturated rings. The van der Waals surface area contributed by atoms with Gasteiger partial charge in [-0.3, -0.25) is 0 Å². The number of furan rings is 1. The summed E-state index contributed by atoms with van der Waals surface area (Å²) in [5, 5.41) is 3.25. The van der Waals surface area contributed by atoms with Crippen molar-refractivity contribution < 1.29 is 9.15 Å². The summed E-state index contributed by atoms with van der Waals surface area (Å²) < 4.78 is 11.2. The molecule has 0 saturated heterocycles. The van der Waals surface area contributed by atoms with Crippen LogP contribution in [0.5, 0.6) is 0 Å². The van der Waals surface area contributed by atoms with Gasteiger partial charge in [-0.1, -0.05) is 0 Å². The Morgan fingerprint density at radius 2 is 2.38 bits per heavy atom. The van der Waals surface area contributed by atoms with E-state index in [1.54, 1.807) is 13.4 Å². The maximum atomic E-state index is 5.25. The average molecular weight is 248 g/mol. The molecule has 0 saturated carbocycles. The fraction of sp³-hybridized carbons (Fsp3) is 0.556. The summed E-state index contributed by atoms with van der Waals surface area (Å²) in [6, 6.07) is 1.91. The van der Waals surface area contributed by atoms with Gasteiger partial charge in [-0.05, 0) is 22.0 Å². The van der Waals surface area contributed by atoms with Crippen molar-refractivity contribution in [3.8, 4) is 0 Å². The number of nitrogens with one attached hydrogen (secondary N) is 1. The van der Waals surface area contributed by atoms with Crippen LogP contribution in [-0.4, -0.2) is 26.8 Å². The summed E-state index contributed by atoms with van der Waals surface area (Å²) >= 11 is 3.40. The molecule has 0 radical (unpaired) electrons. The third kappa shape index (κ3) is 3.93. The van der Waals surface area contributed by atoms with Gasteiger partial charge in [0.1, 0.15) is 5.76 Å². The summed E-state index contributed by atoms with van der Waals surface area (Å²) in [6.07, 6.45) is 2.59. The maximum Gasteiger partial charge on any atom is 0.119 e. The summed E-state index contributed by atoms with van der Waals surface area (Å²) in [4.78, 5) is 0. The van der Waals surface area contributed by atoms with Crippen LogP contribution in [0.25, 0.3) is 0 Å². The van der Waals surface area contributed by atoms with Crippen LogP contribution in [0.2, 0.25) is 0 Å². The molecule has 1 heterocycles. The second-order valence-electron chi connectivity index (χ2n) is 2.68. The molecule has 0 unspecified atom stereocenters. The molecule has 74 valence electrons. The van der Waals surface area contributed by atoms with Crippen molar-refractivity contribution in [2.45, 2.75) is 6.42 Å². The van der Waals surface area contributed by atoms with Crippen molar-refractivity contribution in [1.29, 1.82) is 0 Å². The second-order valence-corrected chi connectivity index (χ2v) is 3.54. The third-order valence-electron chi connectivity index (χ3n) is 1.70. The van der Waals surface area contributed by atoms with Crippen molar-refractivity contribution in [1.82, 2.24) is 5.32 Å². The summed E-state index contributed by atoms with van der Waals surface area (Å²) in [5.41, 5.74) is 0.